The molecule has 4 aromatic rings. The number of carboxylic acid groups (broad SMARTS) is 2. The Morgan fingerprint density at radius 3 is 2.16 bits per heavy atom. The summed E-state index contributed by atoms with van der Waals surface area (Å²) in [6.07, 6.45) is -0.0838. The summed E-state index contributed by atoms with van der Waals surface area (Å²) in [4.78, 5) is 45.1. The second-order valence-electron chi connectivity index (χ2n) is 9.99. The quantitative estimate of drug-likeness (QED) is 0.241. The van der Waals surface area contributed by atoms with Crippen LogP contribution in [0, 0.1) is 0 Å². The fourth-order valence-corrected chi connectivity index (χ4v) is 4.52. The first kappa shape index (κ1) is 32.8. The zero-order chi connectivity index (χ0) is 33.3. The minimum absolute atomic E-state index is 0.0481. The fourth-order valence-electron chi connectivity index (χ4n) is 4.52. The van der Waals surface area contributed by atoms with Crippen molar-refractivity contribution in [3.05, 3.63) is 42.4 Å². The number of hydrogen-bond acceptors (Lipinski definition) is 6. The van der Waals surface area contributed by atoms with Crippen molar-refractivity contribution in [2.24, 2.45) is 7.05 Å². The number of rotatable bonds is 3. The summed E-state index contributed by atoms with van der Waals surface area (Å²) in [5, 5.41) is 22.3. The van der Waals surface area contributed by atoms with Crippen LogP contribution in [-0.4, -0.2) is 88.3 Å². The van der Waals surface area contributed by atoms with Crippen molar-refractivity contribution in [3.8, 4) is 22.5 Å². The number of imidazole rings is 1. The lowest BCUT2D eigenvalue weighted by atomic mass is 10.1. The van der Waals surface area contributed by atoms with Gasteiger partial charge in [0.25, 0.3) is 0 Å². The number of aromatic amines is 1. The molecule has 5 heterocycles. The number of aromatic nitrogens is 6. The summed E-state index contributed by atoms with van der Waals surface area (Å²) in [5.74, 6) is -3.81. The number of carboxylic acids is 2. The van der Waals surface area contributed by atoms with E-state index in [-0.39, 0.29) is 6.03 Å². The average molecular weight is 645 g/mol. The monoisotopic (exact) mass is 644 g/mol. The number of carbonyl (C=O) groups excluding carboxylic acids is 1. The summed E-state index contributed by atoms with van der Waals surface area (Å²) < 4.78 is 67.6. The van der Waals surface area contributed by atoms with Crippen LogP contribution in [-0.2, 0) is 29.7 Å². The minimum atomic E-state index is -5.08. The number of alkyl halides is 6. The van der Waals surface area contributed by atoms with Crippen molar-refractivity contribution in [2.75, 3.05) is 13.6 Å². The topological polar surface area (TPSA) is 171 Å². The number of amides is 2. The number of nitrogens with one attached hydrogen (secondary N) is 2. The van der Waals surface area contributed by atoms with Crippen molar-refractivity contribution < 1.29 is 50.9 Å². The van der Waals surface area contributed by atoms with E-state index in [0.29, 0.717) is 19.0 Å². The molecule has 242 valence electrons. The van der Waals surface area contributed by atoms with Crippen molar-refractivity contribution in [3.63, 3.8) is 0 Å². The van der Waals surface area contributed by atoms with E-state index in [1.807, 2.05) is 36.7 Å². The molecule has 0 radical (unpaired) electrons. The second-order valence-corrected chi connectivity index (χ2v) is 9.99. The van der Waals surface area contributed by atoms with Gasteiger partial charge < -0.3 is 30.0 Å². The van der Waals surface area contributed by atoms with Gasteiger partial charge in [0.1, 0.15) is 5.82 Å². The summed E-state index contributed by atoms with van der Waals surface area (Å²) in [7, 11) is 3.58. The zero-order valence-corrected chi connectivity index (χ0v) is 23.6. The molecule has 1 saturated carbocycles. The first-order chi connectivity index (χ1) is 21.0. The van der Waals surface area contributed by atoms with Gasteiger partial charge in [-0.1, -0.05) is 0 Å². The molecule has 1 aliphatic heterocycles. The van der Waals surface area contributed by atoms with Crippen LogP contribution in [0.4, 0.5) is 31.1 Å². The Hall–Kier alpha value is -5.10. The van der Waals surface area contributed by atoms with Crippen LogP contribution in [0.2, 0.25) is 0 Å². The van der Waals surface area contributed by atoms with E-state index in [9.17, 15) is 31.1 Å². The number of hydrogen-bond donors (Lipinski definition) is 4. The lowest BCUT2D eigenvalue weighted by Crippen LogP contribution is -2.43. The number of fused-ring (bicyclic) bond motifs is 2. The maximum absolute atomic E-state index is 12.3. The molecule has 45 heavy (non-hydrogen) atoms. The lowest BCUT2D eigenvalue weighted by molar-refractivity contribution is -0.193. The van der Waals surface area contributed by atoms with E-state index < -0.39 is 24.3 Å². The first-order valence-corrected chi connectivity index (χ1v) is 13.1. The van der Waals surface area contributed by atoms with E-state index in [1.54, 1.807) is 11.7 Å². The number of carbonyl (C=O) groups is 3. The third-order valence-corrected chi connectivity index (χ3v) is 6.79. The molecular formula is C26H26F6N8O5. The maximum Gasteiger partial charge on any atom is 0.490 e. The molecule has 0 saturated heterocycles. The first-order valence-electron chi connectivity index (χ1n) is 13.1. The van der Waals surface area contributed by atoms with Crippen LogP contribution in [0.25, 0.3) is 33.4 Å². The molecule has 19 heteroatoms. The number of halogens is 6. The molecule has 0 aromatic carbocycles. The molecule has 6 rings (SSSR count). The van der Waals surface area contributed by atoms with Gasteiger partial charge in [0.05, 0.1) is 29.8 Å². The van der Waals surface area contributed by atoms with Gasteiger partial charge in [-0.25, -0.2) is 19.4 Å². The highest BCUT2D eigenvalue weighted by molar-refractivity contribution is 5.96. The van der Waals surface area contributed by atoms with Crippen molar-refractivity contribution in [2.45, 2.75) is 44.2 Å². The highest BCUT2D eigenvalue weighted by atomic mass is 19.4. The predicted octanol–water partition coefficient (Wildman–Crippen LogP) is 4.13. The minimum Gasteiger partial charge on any atom is -0.475 e. The van der Waals surface area contributed by atoms with Gasteiger partial charge in [0.2, 0.25) is 0 Å². The zero-order valence-electron chi connectivity index (χ0n) is 23.6. The molecule has 2 aliphatic rings. The van der Waals surface area contributed by atoms with Crippen LogP contribution in [0.5, 0.6) is 0 Å². The predicted molar refractivity (Wildman–Crippen MR) is 144 cm³/mol. The number of urea groups is 1. The van der Waals surface area contributed by atoms with Gasteiger partial charge in [-0.05, 0) is 18.9 Å². The van der Waals surface area contributed by atoms with E-state index in [0.717, 1.165) is 51.5 Å². The Morgan fingerprint density at radius 1 is 1.02 bits per heavy atom. The van der Waals surface area contributed by atoms with Crippen molar-refractivity contribution in [1.82, 2.24) is 39.5 Å². The molecule has 4 aromatic heterocycles. The molecule has 0 atom stereocenters. The third-order valence-electron chi connectivity index (χ3n) is 6.79. The van der Waals surface area contributed by atoms with Crippen LogP contribution in [0.15, 0.2) is 30.9 Å². The molecule has 13 nitrogen and oxygen atoms in total. The van der Waals surface area contributed by atoms with Crippen LogP contribution < -0.4 is 5.32 Å². The van der Waals surface area contributed by atoms with Crippen LogP contribution >= 0.6 is 0 Å². The number of pyridine rings is 1. The van der Waals surface area contributed by atoms with Crippen molar-refractivity contribution >= 4 is 28.9 Å². The summed E-state index contributed by atoms with van der Waals surface area (Å²) in [6.45, 7) is 2.04. The Labute approximate surface area is 249 Å². The molecule has 0 bridgehead atoms. The Kier molecular flexibility index (Phi) is 9.10. The van der Waals surface area contributed by atoms with Crippen LogP contribution in [0.1, 0.15) is 30.3 Å². The number of aryl methyl sites for hydroxylation is 1. The summed E-state index contributed by atoms with van der Waals surface area (Å²) >= 11 is 0. The summed E-state index contributed by atoms with van der Waals surface area (Å²) in [5.41, 5.74) is 5.97. The average Bonchev–Trinajstić information content (AvgIpc) is 3.40. The number of H-pyrrole nitrogens is 1. The van der Waals surface area contributed by atoms with Gasteiger partial charge in [-0.2, -0.15) is 31.4 Å². The molecule has 1 aliphatic carbocycles. The standard InChI is InChI=1S/C22H24N8O.2C2HF3O2/c1-23-22(31)29-5-6-30-19(12-29)20(27-21(30)13-3-4-13)16-10-25-18-7-17(24-9-15(16)18)14-8-26-28(2)11-14;2*3-2(4,5)1(6)7/h7-11,13,25H,3-6,12H2,1-2H3,(H,23,31);2*(H,6,7). The van der Waals surface area contributed by atoms with E-state index in [1.165, 1.54) is 12.8 Å². The fraction of sp³-hybridized carbons (Fsp3) is 0.385. The molecule has 2 amide bonds. The Bertz CT molecular complexity index is 1700. The largest absolute Gasteiger partial charge is 0.490 e. The molecule has 0 spiro atoms. The molecule has 0 unspecified atom stereocenters. The lowest BCUT2D eigenvalue weighted by Gasteiger charge is -2.29. The molecule has 4 N–H and O–H groups in total. The smallest absolute Gasteiger partial charge is 0.475 e. The van der Waals surface area contributed by atoms with Gasteiger partial charge >= 0.3 is 30.3 Å². The van der Waals surface area contributed by atoms with Gasteiger partial charge in [-0.3, -0.25) is 9.67 Å². The number of nitrogens with zero attached hydrogens (tertiary/aromatic N) is 6. The molecular weight excluding hydrogens is 618 g/mol. The SMILES string of the molecule is CNC(=O)N1CCn2c(C3CC3)nc(-c3c[nH]c4cc(-c5cnn(C)c5)ncc34)c2C1.O=C(O)C(F)(F)F.O=C(O)C(F)(F)F. The number of aliphatic carboxylic acids is 2. The van der Waals surface area contributed by atoms with E-state index in [4.69, 9.17) is 24.8 Å². The van der Waals surface area contributed by atoms with E-state index in [2.05, 4.69) is 31.0 Å². The Balaban J connectivity index is 0.000000277. The van der Waals surface area contributed by atoms with Crippen LogP contribution in [0.3, 0.4) is 0 Å². The second kappa shape index (κ2) is 12.5. The highest BCUT2D eigenvalue weighted by Gasteiger charge is 2.39. The van der Waals surface area contributed by atoms with Gasteiger partial charge in [-0.15, -0.1) is 0 Å². The summed E-state index contributed by atoms with van der Waals surface area (Å²) in [6, 6.07) is 2.00. The maximum atomic E-state index is 12.3. The normalized spacial score (nSPS) is 14.5. The van der Waals surface area contributed by atoms with E-state index >= 15 is 0 Å². The Morgan fingerprint density at radius 2 is 1.64 bits per heavy atom. The van der Waals surface area contributed by atoms with Gasteiger partial charge in [0, 0.05) is 73.7 Å². The van der Waals surface area contributed by atoms with Crippen molar-refractivity contribution in [1.29, 1.82) is 0 Å². The highest BCUT2D eigenvalue weighted by Crippen LogP contribution is 2.43. The third kappa shape index (κ3) is 7.52. The molecule has 1 fully saturated rings. The van der Waals surface area contributed by atoms with Gasteiger partial charge in [0.15, 0.2) is 0 Å².